The molecule has 0 bridgehead atoms. The third-order valence-electron chi connectivity index (χ3n) is 4.90. The van der Waals surface area contributed by atoms with E-state index in [1.165, 1.54) is 11.8 Å². The number of carbonyl (C=O) groups is 1. The first-order valence-electron chi connectivity index (χ1n) is 9.68. The van der Waals surface area contributed by atoms with Crippen LogP contribution in [0.5, 0.6) is 0 Å². The number of nitrogens with one attached hydrogen (secondary N) is 1. The highest BCUT2D eigenvalue weighted by atomic mass is 35.5. The molecule has 1 saturated carbocycles. The van der Waals surface area contributed by atoms with Crippen molar-refractivity contribution in [1.29, 1.82) is 0 Å². The van der Waals surface area contributed by atoms with Crippen molar-refractivity contribution >= 4 is 29.3 Å². The molecule has 0 spiro atoms. The second-order valence-electron chi connectivity index (χ2n) is 7.48. The van der Waals surface area contributed by atoms with E-state index in [1.54, 1.807) is 0 Å². The lowest BCUT2D eigenvalue weighted by molar-refractivity contribution is -0.120. The van der Waals surface area contributed by atoms with Crippen molar-refractivity contribution in [3.05, 3.63) is 58.6 Å². The molecular formula is C22H23ClN4OS. The topological polar surface area (TPSA) is 59.8 Å². The summed E-state index contributed by atoms with van der Waals surface area (Å²) in [5.74, 6) is 0.746. The predicted octanol–water partition coefficient (Wildman–Crippen LogP) is 4.96. The molecule has 2 aromatic carbocycles. The number of amides is 1. The van der Waals surface area contributed by atoms with E-state index in [4.69, 9.17) is 11.6 Å². The van der Waals surface area contributed by atoms with Crippen LogP contribution < -0.4 is 5.32 Å². The molecule has 4 rings (SSSR count). The molecule has 1 N–H and O–H groups in total. The monoisotopic (exact) mass is 426 g/mol. The highest BCUT2D eigenvalue weighted by Gasteiger charge is 2.28. The molecule has 0 radical (unpaired) electrons. The Bertz CT molecular complexity index is 1060. The molecule has 1 amide bonds. The fourth-order valence-corrected chi connectivity index (χ4v) is 4.16. The highest BCUT2D eigenvalue weighted by Crippen LogP contribution is 2.33. The third-order valence-corrected chi connectivity index (χ3v) is 6.17. The van der Waals surface area contributed by atoms with Crippen LogP contribution >= 0.6 is 23.4 Å². The molecule has 1 aliphatic rings. The number of benzene rings is 2. The van der Waals surface area contributed by atoms with Crippen LogP contribution in [-0.4, -0.2) is 32.0 Å². The maximum absolute atomic E-state index is 12.5. The first-order chi connectivity index (χ1) is 13.9. The number of thioether (sulfide) groups is 1. The van der Waals surface area contributed by atoms with Gasteiger partial charge in [-0.05, 0) is 62.9 Å². The summed E-state index contributed by atoms with van der Waals surface area (Å²) in [6, 6.07) is 14.2. The van der Waals surface area contributed by atoms with Gasteiger partial charge in [0.05, 0.1) is 10.9 Å². The van der Waals surface area contributed by atoms with Crippen LogP contribution in [0.25, 0.3) is 17.1 Å². The van der Waals surface area contributed by atoms with Gasteiger partial charge in [0, 0.05) is 16.6 Å². The van der Waals surface area contributed by atoms with Gasteiger partial charge in [0.1, 0.15) is 0 Å². The summed E-state index contributed by atoms with van der Waals surface area (Å²) in [7, 11) is 0. The predicted molar refractivity (Wildman–Crippen MR) is 118 cm³/mol. The number of carbonyl (C=O) groups excluding carboxylic acids is 1. The largest absolute Gasteiger partial charge is 0.352 e. The maximum Gasteiger partial charge on any atom is 0.233 e. The standard InChI is InChI=1S/C22H23ClN4OS/c1-13-7-8-14(2)19(11-13)27-20(16-5-4-6-17(23)12-16)25-26-22(27)29-15(3)21(28)24-18-9-10-18/h4-8,11-12,15,18H,9-10H2,1-3H3,(H,24,28)/t15-/m1/s1. The Kier molecular flexibility index (Phi) is 5.65. The van der Waals surface area contributed by atoms with Gasteiger partial charge in [0.15, 0.2) is 11.0 Å². The Morgan fingerprint density at radius 3 is 2.72 bits per heavy atom. The van der Waals surface area contributed by atoms with Crippen LogP contribution in [0.3, 0.4) is 0 Å². The lowest BCUT2D eigenvalue weighted by Crippen LogP contribution is -2.32. The number of hydrogen-bond donors (Lipinski definition) is 1. The number of hydrogen-bond acceptors (Lipinski definition) is 4. The van der Waals surface area contributed by atoms with Crippen molar-refractivity contribution in [2.24, 2.45) is 0 Å². The minimum Gasteiger partial charge on any atom is -0.352 e. The molecule has 5 nitrogen and oxygen atoms in total. The fourth-order valence-electron chi connectivity index (χ4n) is 3.10. The van der Waals surface area contributed by atoms with Crippen molar-refractivity contribution in [2.45, 2.75) is 50.1 Å². The van der Waals surface area contributed by atoms with Crippen LogP contribution in [0.4, 0.5) is 0 Å². The molecule has 1 aromatic heterocycles. The van der Waals surface area contributed by atoms with E-state index in [0.717, 1.165) is 35.2 Å². The van der Waals surface area contributed by atoms with Crippen LogP contribution in [0, 0.1) is 13.8 Å². The van der Waals surface area contributed by atoms with Gasteiger partial charge in [0.2, 0.25) is 5.91 Å². The number of halogens is 1. The van der Waals surface area contributed by atoms with E-state index in [-0.39, 0.29) is 11.2 Å². The van der Waals surface area contributed by atoms with Crippen LogP contribution in [-0.2, 0) is 4.79 Å². The minimum absolute atomic E-state index is 0.0392. The normalized spacial score (nSPS) is 14.6. The molecule has 29 heavy (non-hydrogen) atoms. The SMILES string of the molecule is Cc1ccc(C)c(-n2c(S[C@H](C)C(=O)NC3CC3)nnc2-c2cccc(Cl)c2)c1. The van der Waals surface area contributed by atoms with Crippen molar-refractivity contribution in [2.75, 3.05) is 0 Å². The fraction of sp³-hybridized carbons (Fsp3) is 0.318. The second-order valence-corrected chi connectivity index (χ2v) is 9.23. The van der Waals surface area contributed by atoms with E-state index in [9.17, 15) is 4.79 Å². The minimum atomic E-state index is -0.268. The zero-order valence-corrected chi connectivity index (χ0v) is 18.2. The van der Waals surface area contributed by atoms with Gasteiger partial charge < -0.3 is 5.32 Å². The summed E-state index contributed by atoms with van der Waals surface area (Å²) in [6.07, 6.45) is 2.14. The van der Waals surface area contributed by atoms with Crippen molar-refractivity contribution in [3.63, 3.8) is 0 Å². The summed E-state index contributed by atoms with van der Waals surface area (Å²) in [5, 5.41) is 13.0. The summed E-state index contributed by atoms with van der Waals surface area (Å²) in [4.78, 5) is 12.5. The van der Waals surface area contributed by atoms with Crippen LogP contribution in [0.2, 0.25) is 5.02 Å². The smallest absolute Gasteiger partial charge is 0.233 e. The van der Waals surface area contributed by atoms with E-state index in [0.29, 0.717) is 22.0 Å². The third kappa shape index (κ3) is 4.49. The molecule has 1 atom stereocenters. The Balaban J connectivity index is 1.77. The highest BCUT2D eigenvalue weighted by molar-refractivity contribution is 8.00. The van der Waals surface area contributed by atoms with Gasteiger partial charge in [-0.3, -0.25) is 9.36 Å². The second kappa shape index (κ2) is 8.20. The summed E-state index contributed by atoms with van der Waals surface area (Å²) in [6.45, 7) is 6.03. The number of aromatic nitrogens is 3. The van der Waals surface area contributed by atoms with Crippen molar-refractivity contribution in [3.8, 4) is 17.1 Å². The molecular weight excluding hydrogens is 404 g/mol. The maximum atomic E-state index is 12.5. The Morgan fingerprint density at radius 2 is 2.00 bits per heavy atom. The average molecular weight is 427 g/mol. The van der Waals surface area contributed by atoms with E-state index >= 15 is 0 Å². The zero-order chi connectivity index (χ0) is 20.5. The van der Waals surface area contributed by atoms with Gasteiger partial charge in [-0.25, -0.2) is 0 Å². The lowest BCUT2D eigenvalue weighted by Gasteiger charge is -2.16. The van der Waals surface area contributed by atoms with E-state index in [2.05, 4.69) is 47.6 Å². The number of rotatable bonds is 6. The first-order valence-corrected chi connectivity index (χ1v) is 10.9. The Hall–Kier alpha value is -2.31. The molecule has 0 unspecified atom stereocenters. The molecule has 1 heterocycles. The zero-order valence-electron chi connectivity index (χ0n) is 16.6. The Labute approximate surface area is 179 Å². The van der Waals surface area contributed by atoms with Crippen molar-refractivity contribution in [1.82, 2.24) is 20.1 Å². The molecule has 1 fully saturated rings. The van der Waals surface area contributed by atoms with Gasteiger partial charge >= 0.3 is 0 Å². The van der Waals surface area contributed by atoms with Crippen molar-refractivity contribution < 1.29 is 4.79 Å². The lowest BCUT2D eigenvalue weighted by atomic mass is 10.1. The quantitative estimate of drug-likeness (QED) is 0.565. The first kappa shape index (κ1) is 20.0. The van der Waals surface area contributed by atoms with E-state index < -0.39 is 0 Å². The molecule has 1 aliphatic carbocycles. The van der Waals surface area contributed by atoms with Gasteiger partial charge in [-0.2, -0.15) is 0 Å². The summed E-state index contributed by atoms with van der Waals surface area (Å²) < 4.78 is 2.03. The van der Waals surface area contributed by atoms with E-state index in [1.807, 2.05) is 35.8 Å². The number of aryl methyl sites for hydroxylation is 2. The van der Waals surface area contributed by atoms with Crippen LogP contribution in [0.15, 0.2) is 47.6 Å². The molecule has 7 heteroatoms. The Morgan fingerprint density at radius 1 is 1.21 bits per heavy atom. The van der Waals surface area contributed by atoms with Gasteiger partial charge in [-0.15, -0.1) is 10.2 Å². The molecule has 0 saturated heterocycles. The van der Waals surface area contributed by atoms with Gasteiger partial charge in [0.25, 0.3) is 0 Å². The number of nitrogens with zero attached hydrogens (tertiary/aromatic N) is 3. The van der Waals surface area contributed by atoms with Gasteiger partial charge in [-0.1, -0.05) is 47.6 Å². The summed E-state index contributed by atoms with van der Waals surface area (Å²) in [5.41, 5.74) is 4.14. The average Bonchev–Trinajstić information content (AvgIpc) is 3.41. The molecule has 0 aliphatic heterocycles. The molecule has 3 aromatic rings. The summed E-state index contributed by atoms with van der Waals surface area (Å²) >= 11 is 7.64. The van der Waals surface area contributed by atoms with Crippen LogP contribution in [0.1, 0.15) is 30.9 Å². The molecule has 150 valence electrons.